The average molecular weight is 280 g/mol. The number of pyridine rings is 1. The molecule has 0 saturated heterocycles. The topological polar surface area (TPSA) is 12.9 Å². The van der Waals surface area contributed by atoms with Crippen molar-refractivity contribution < 1.29 is 0 Å². The first-order chi connectivity index (χ1) is 9.74. The van der Waals surface area contributed by atoms with Gasteiger partial charge in [0, 0.05) is 11.9 Å². The standard InChI is InChI=1S/C15H25N.2C2H6/c1-5-8-13-11-16-12(4)14(9-6-2)15(13)10-7-3;2*1-2/h11H,5-10H2,1-4H3;2*1-2H3. The van der Waals surface area contributed by atoms with Crippen molar-refractivity contribution >= 4 is 0 Å². The predicted octanol–water partition coefficient (Wildman–Crippen LogP) is 6.30. The molecule has 1 aromatic rings. The average Bonchev–Trinajstić information content (AvgIpc) is 2.50. The minimum absolute atomic E-state index is 1.18. The molecule has 118 valence electrons. The number of hydrogen-bond donors (Lipinski definition) is 0. The van der Waals surface area contributed by atoms with Gasteiger partial charge >= 0.3 is 0 Å². The maximum atomic E-state index is 4.56. The second kappa shape index (κ2) is 14.6. The van der Waals surface area contributed by atoms with Gasteiger partial charge in [-0.3, -0.25) is 4.98 Å². The second-order valence-electron chi connectivity index (χ2n) is 4.58. The molecule has 0 spiro atoms. The quantitative estimate of drug-likeness (QED) is 0.595. The summed E-state index contributed by atoms with van der Waals surface area (Å²) in [6.07, 6.45) is 9.35. The van der Waals surface area contributed by atoms with Crippen molar-refractivity contribution in [3.8, 4) is 0 Å². The molecule has 0 fully saturated rings. The summed E-state index contributed by atoms with van der Waals surface area (Å²) >= 11 is 0. The minimum atomic E-state index is 1.18. The number of aryl methyl sites for hydroxylation is 2. The maximum absolute atomic E-state index is 4.56. The van der Waals surface area contributed by atoms with E-state index in [2.05, 4.69) is 38.9 Å². The van der Waals surface area contributed by atoms with Crippen LogP contribution in [0.3, 0.4) is 0 Å². The fourth-order valence-corrected chi connectivity index (χ4v) is 2.37. The highest BCUT2D eigenvalue weighted by Crippen LogP contribution is 2.21. The zero-order valence-corrected chi connectivity index (χ0v) is 15.3. The van der Waals surface area contributed by atoms with Crippen LogP contribution in [-0.2, 0) is 19.3 Å². The van der Waals surface area contributed by atoms with Crippen molar-refractivity contribution in [2.45, 2.75) is 93.9 Å². The van der Waals surface area contributed by atoms with Gasteiger partial charge in [0.1, 0.15) is 0 Å². The molecule has 0 N–H and O–H groups in total. The van der Waals surface area contributed by atoms with Gasteiger partial charge in [-0.05, 0) is 42.9 Å². The van der Waals surface area contributed by atoms with Gasteiger partial charge in [0.25, 0.3) is 0 Å². The van der Waals surface area contributed by atoms with Gasteiger partial charge in [0.05, 0.1) is 0 Å². The Labute approximate surface area is 128 Å². The van der Waals surface area contributed by atoms with Crippen LogP contribution < -0.4 is 0 Å². The first kappa shape index (κ1) is 21.4. The third-order valence-electron chi connectivity index (χ3n) is 3.12. The van der Waals surface area contributed by atoms with Crippen LogP contribution in [0, 0.1) is 6.92 Å². The van der Waals surface area contributed by atoms with Crippen LogP contribution in [0.15, 0.2) is 6.20 Å². The Hall–Kier alpha value is -0.850. The Morgan fingerprint density at radius 1 is 0.750 bits per heavy atom. The normalized spacial score (nSPS) is 9.20. The van der Waals surface area contributed by atoms with E-state index in [0.717, 1.165) is 0 Å². The van der Waals surface area contributed by atoms with Crippen LogP contribution in [0.25, 0.3) is 0 Å². The third kappa shape index (κ3) is 7.07. The third-order valence-corrected chi connectivity index (χ3v) is 3.12. The first-order valence-corrected chi connectivity index (χ1v) is 8.70. The molecule has 0 aliphatic carbocycles. The molecule has 0 radical (unpaired) electrons. The van der Waals surface area contributed by atoms with E-state index in [1.165, 1.54) is 55.3 Å². The lowest BCUT2D eigenvalue weighted by Crippen LogP contribution is -2.05. The fourth-order valence-electron chi connectivity index (χ4n) is 2.37. The van der Waals surface area contributed by atoms with Gasteiger partial charge < -0.3 is 0 Å². The zero-order valence-electron chi connectivity index (χ0n) is 15.3. The number of hydrogen-bond acceptors (Lipinski definition) is 1. The molecule has 1 rings (SSSR count). The molecule has 0 saturated carbocycles. The molecule has 0 unspecified atom stereocenters. The maximum Gasteiger partial charge on any atom is 0.0407 e. The summed E-state index contributed by atoms with van der Waals surface area (Å²) in [7, 11) is 0. The smallest absolute Gasteiger partial charge is 0.0407 e. The summed E-state index contributed by atoms with van der Waals surface area (Å²) in [5.74, 6) is 0. The van der Waals surface area contributed by atoms with Crippen LogP contribution in [0.2, 0.25) is 0 Å². The van der Waals surface area contributed by atoms with E-state index < -0.39 is 0 Å². The van der Waals surface area contributed by atoms with E-state index in [9.17, 15) is 0 Å². The summed E-state index contributed by atoms with van der Waals surface area (Å²) in [6.45, 7) is 16.9. The van der Waals surface area contributed by atoms with Crippen molar-refractivity contribution in [3.63, 3.8) is 0 Å². The molecule has 0 aromatic carbocycles. The molecule has 0 bridgehead atoms. The van der Waals surface area contributed by atoms with Crippen LogP contribution in [0.1, 0.15) is 90.1 Å². The van der Waals surface area contributed by atoms with E-state index in [4.69, 9.17) is 0 Å². The Kier molecular flexibility index (Phi) is 15.6. The van der Waals surface area contributed by atoms with E-state index in [0.29, 0.717) is 0 Å². The summed E-state index contributed by atoms with van der Waals surface area (Å²) in [4.78, 5) is 4.56. The summed E-state index contributed by atoms with van der Waals surface area (Å²) in [5.41, 5.74) is 5.84. The van der Waals surface area contributed by atoms with Crippen molar-refractivity contribution in [1.29, 1.82) is 0 Å². The van der Waals surface area contributed by atoms with Gasteiger partial charge in [-0.15, -0.1) is 0 Å². The summed E-state index contributed by atoms with van der Waals surface area (Å²) in [6, 6.07) is 0. The molecule has 1 heteroatoms. The van der Waals surface area contributed by atoms with Crippen molar-refractivity contribution in [2.75, 3.05) is 0 Å². The molecule has 0 aliphatic heterocycles. The van der Waals surface area contributed by atoms with Gasteiger partial charge in [0.15, 0.2) is 0 Å². The molecule has 0 amide bonds. The van der Waals surface area contributed by atoms with E-state index >= 15 is 0 Å². The van der Waals surface area contributed by atoms with Crippen molar-refractivity contribution in [2.24, 2.45) is 0 Å². The largest absolute Gasteiger partial charge is 0.261 e. The molecule has 1 aromatic heterocycles. The van der Waals surface area contributed by atoms with Crippen LogP contribution in [-0.4, -0.2) is 4.98 Å². The van der Waals surface area contributed by atoms with E-state index in [1.807, 2.05) is 27.7 Å². The highest BCUT2D eigenvalue weighted by atomic mass is 14.7. The highest BCUT2D eigenvalue weighted by molar-refractivity contribution is 5.36. The van der Waals surface area contributed by atoms with Gasteiger partial charge in [-0.2, -0.15) is 0 Å². The molecular weight excluding hydrogens is 242 g/mol. The van der Waals surface area contributed by atoms with Gasteiger partial charge in [0.2, 0.25) is 0 Å². The van der Waals surface area contributed by atoms with Crippen molar-refractivity contribution in [3.05, 3.63) is 28.6 Å². The monoisotopic (exact) mass is 279 g/mol. The lowest BCUT2D eigenvalue weighted by Gasteiger charge is -2.15. The van der Waals surface area contributed by atoms with Crippen LogP contribution in [0.5, 0.6) is 0 Å². The Morgan fingerprint density at radius 3 is 1.65 bits per heavy atom. The molecule has 0 aliphatic rings. The van der Waals surface area contributed by atoms with E-state index in [-0.39, 0.29) is 0 Å². The van der Waals surface area contributed by atoms with E-state index in [1.54, 1.807) is 5.56 Å². The van der Waals surface area contributed by atoms with Gasteiger partial charge in [-0.1, -0.05) is 67.7 Å². The second-order valence-corrected chi connectivity index (χ2v) is 4.58. The number of nitrogens with zero attached hydrogens (tertiary/aromatic N) is 1. The number of rotatable bonds is 6. The molecule has 0 atom stereocenters. The molecule has 1 nitrogen and oxygen atoms in total. The lowest BCUT2D eigenvalue weighted by atomic mass is 9.93. The lowest BCUT2D eigenvalue weighted by molar-refractivity contribution is 0.805. The Morgan fingerprint density at radius 2 is 1.20 bits per heavy atom. The minimum Gasteiger partial charge on any atom is -0.261 e. The molecule has 20 heavy (non-hydrogen) atoms. The van der Waals surface area contributed by atoms with Crippen molar-refractivity contribution in [1.82, 2.24) is 4.98 Å². The molecule has 1 heterocycles. The first-order valence-electron chi connectivity index (χ1n) is 8.70. The van der Waals surface area contributed by atoms with Crippen LogP contribution >= 0.6 is 0 Å². The Balaban J connectivity index is 0. The predicted molar refractivity (Wildman–Crippen MR) is 93.7 cm³/mol. The van der Waals surface area contributed by atoms with Gasteiger partial charge in [-0.25, -0.2) is 0 Å². The van der Waals surface area contributed by atoms with Crippen LogP contribution in [0.4, 0.5) is 0 Å². The fraction of sp³-hybridized carbons (Fsp3) is 0.737. The zero-order chi connectivity index (χ0) is 16.0. The SMILES string of the molecule is CC.CC.CCCc1cnc(C)c(CCC)c1CCC. The highest BCUT2D eigenvalue weighted by Gasteiger charge is 2.10. The molecular formula is C19H37N. The summed E-state index contributed by atoms with van der Waals surface area (Å²) in [5, 5.41) is 0. The Bertz CT molecular complexity index is 329. The number of aromatic nitrogens is 1. The summed E-state index contributed by atoms with van der Waals surface area (Å²) < 4.78 is 0.